The molecule has 3 nitrogen and oxygen atoms in total. The van der Waals surface area contributed by atoms with Gasteiger partial charge in [0.05, 0.1) is 7.11 Å². The van der Waals surface area contributed by atoms with Crippen molar-refractivity contribution in [3.8, 4) is 0 Å². The molecule has 0 atom stereocenters. The molecule has 1 aromatic carbocycles. The Morgan fingerprint density at radius 3 is 2.50 bits per heavy atom. The molecule has 14 heavy (non-hydrogen) atoms. The van der Waals surface area contributed by atoms with Crippen LogP contribution in [0.3, 0.4) is 0 Å². The topological polar surface area (TPSA) is 38.7 Å². The SMILES string of the molecule is COC1=CC(C(=O)c2ccccc2)=N1. The van der Waals surface area contributed by atoms with Crippen LogP contribution in [-0.4, -0.2) is 18.6 Å². The molecule has 0 aromatic heterocycles. The summed E-state index contributed by atoms with van der Waals surface area (Å²) in [7, 11) is 1.53. The molecule has 1 aromatic rings. The minimum Gasteiger partial charge on any atom is -0.481 e. The molecule has 0 fully saturated rings. The number of rotatable bonds is 3. The summed E-state index contributed by atoms with van der Waals surface area (Å²) in [5.41, 5.74) is 1.10. The third-order valence-electron chi connectivity index (χ3n) is 1.97. The highest BCUT2D eigenvalue weighted by atomic mass is 16.5. The Hall–Kier alpha value is -1.90. The Morgan fingerprint density at radius 1 is 1.29 bits per heavy atom. The lowest BCUT2D eigenvalue weighted by Crippen LogP contribution is -2.18. The van der Waals surface area contributed by atoms with E-state index in [0.717, 1.165) is 0 Å². The van der Waals surface area contributed by atoms with E-state index in [1.807, 2.05) is 18.2 Å². The van der Waals surface area contributed by atoms with Crippen LogP contribution in [0.4, 0.5) is 0 Å². The summed E-state index contributed by atoms with van der Waals surface area (Å²) in [5, 5.41) is 0. The van der Waals surface area contributed by atoms with E-state index < -0.39 is 0 Å². The average molecular weight is 187 g/mol. The van der Waals surface area contributed by atoms with Gasteiger partial charge in [-0.3, -0.25) is 4.79 Å². The van der Waals surface area contributed by atoms with Crippen molar-refractivity contribution >= 4 is 11.5 Å². The molecule has 1 heterocycles. The zero-order valence-corrected chi connectivity index (χ0v) is 7.73. The second kappa shape index (κ2) is 3.46. The molecule has 0 saturated carbocycles. The van der Waals surface area contributed by atoms with Gasteiger partial charge in [-0.2, -0.15) is 0 Å². The second-order valence-electron chi connectivity index (χ2n) is 2.88. The fourth-order valence-corrected chi connectivity index (χ4v) is 1.19. The van der Waals surface area contributed by atoms with Gasteiger partial charge >= 0.3 is 0 Å². The van der Waals surface area contributed by atoms with E-state index in [1.165, 1.54) is 7.11 Å². The van der Waals surface area contributed by atoms with Crippen LogP contribution in [0, 0.1) is 0 Å². The van der Waals surface area contributed by atoms with Crippen LogP contribution in [0.5, 0.6) is 0 Å². The normalized spacial score (nSPS) is 13.8. The number of hydrogen-bond donors (Lipinski definition) is 0. The van der Waals surface area contributed by atoms with E-state index in [2.05, 4.69) is 4.99 Å². The average Bonchev–Trinajstić information content (AvgIpc) is 2.17. The number of ketones is 1. The van der Waals surface area contributed by atoms with Crippen LogP contribution >= 0.6 is 0 Å². The van der Waals surface area contributed by atoms with Gasteiger partial charge in [0.15, 0.2) is 0 Å². The van der Waals surface area contributed by atoms with Gasteiger partial charge in [0.25, 0.3) is 0 Å². The predicted octanol–water partition coefficient (Wildman–Crippen LogP) is 1.81. The van der Waals surface area contributed by atoms with Gasteiger partial charge < -0.3 is 4.74 Å². The van der Waals surface area contributed by atoms with E-state index in [9.17, 15) is 4.79 Å². The van der Waals surface area contributed by atoms with Gasteiger partial charge in [-0.1, -0.05) is 30.3 Å². The molecule has 0 N–H and O–H groups in total. The first-order chi connectivity index (χ1) is 6.81. The molecule has 0 radical (unpaired) electrons. The van der Waals surface area contributed by atoms with E-state index in [0.29, 0.717) is 17.2 Å². The second-order valence-corrected chi connectivity index (χ2v) is 2.88. The molecule has 0 aliphatic carbocycles. The van der Waals surface area contributed by atoms with Gasteiger partial charge in [-0.25, -0.2) is 4.99 Å². The fraction of sp³-hybridized carbons (Fsp3) is 0.0909. The number of methoxy groups -OCH3 is 1. The number of allylic oxidation sites excluding steroid dienone is 1. The van der Waals surface area contributed by atoms with Crippen LogP contribution < -0.4 is 0 Å². The minimum absolute atomic E-state index is 0.0635. The maximum atomic E-state index is 11.7. The molecule has 0 spiro atoms. The van der Waals surface area contributed by atoms with Crippen molar-refractivity contribution < 1.29 is 9.53 Å². The quantitative estimate of drug-likeness (QED) is 0.677. The molecular formula is C11H9NO2. The summed E-state index contributed by atoms with van der Waals surface area (Å²) in [6, 6.07) is 9.06. The highest BCUT2D eigenvalue weighted by Crippen LogP contribution is 2.13. The highest BCUT2D eigenvalue weighted by molar-refractivity contribution is 6.51. The molecule has 0 saturated heterocycles. The van der Waals surface area contributed by atoms with E-state index in [-0.39, 0.29) is 5.78 Å². The number of aliphatic imine (C=N–C) groups is 1. The number of Topliss-reactive ketones (excluding diaryl/α,β-unsaturated/α-hetero) is 1. The van der Waals surface area contributed by atoms with Crippen LogP contribution in [-0.2, 0) is 4.74 Å². The molecule has 0 bridgehead atoms. The van der Waals surface area contributed by atoms with Gasteiger partial charge in [0, 0.05) is 11.6 Å². The first kappa shape index (κ1) is 8.69. The number of benzene rings is 1. The van der Waals surface area contributed by atoms with Crippen LogP contribution in [0.2, 0.25) is 0 Å². The van der Waals surface area contributed by atoms with E-state index in [1.54, 1.807) is 18.2 Å². The Morgan fingerprint density at radius 2 is 1.93 bits per heavy atom. The van der Waals surface area contributed by atoms with Crippen molar-refractivity contribution in [3.05, 3.63) is 47.9 Å². The lowest BCUT2D eigenvalue weighted by atomic mass is 10.1. The maximum absolute atomic E-state index is 11.7. The lowest BCUT2D eigenvalue weighted by molar-refractivity contribution is 0.106. The van der Waals surface area contributed by atoms with Crippen molar-refractivity contribution in [2.45, 2.75) is 0 Å². The first-order valence-corrected chi connectivity index (χ1v) is 4.25. The Kier molecular flexibility index (Phi) is 2.14. The summed E-state index contributed by atoms with van der Waals surface area (Å²) in [5.74, 6) is 0.440. The number of carbonyl (C=O) groups is 1. The number of hydrogen-bond acceptors (Lipinski definition) is 3. The molecule has 0 unspecified atom stereocenters. The largest absolute Gasteiger partial charge is 0.481 e. The minimum atomic E-state index is -0.0635. The fourth-order valence-electron chi connectivity index (χ4n) is 1.19. The highest BCUT2D eigenvalue weighted by Gasteiger charge is 2.19. The van der Waals surface area contributed by atoms with Gasteiger partial charge in [-0.05, 0) is 0 Å². The summed E-state index contributed by atoms with van der Waals surface area (Å²) in [6.07, 6.45) is 1.63. The van der Waals surface area contributed by atoms with Crippen molar-refractivity contribution in [2.75, 3.05) is 7.11 Å². The Labute approximate surface area is 81.7 Å². The van der Waals surface area contributed by atoms with Crippen LogP contribution in [0.1, 0.15) is 10.4 Å². The van der Waals surface area contributed by atoms with E-state index in [4.69, 9.17) is 4.74 Å². The summed E-state index contributed by atoms with van der Waals surface area (Å²) < 4.78 is 4.82. The third-order valence-corrected chi connectivity index (χ3v) is 1.97. The number of nitrogens with zero attached hydrogens (tertiary/aromatic N) is 1. The lowest BCUT2D eigenvalue weighted by Gasteiger charge is -2.10. The molecule has 1 aliphatic heterocycles. The molecule has 0 amide bonds. The van der Waals surface area contributed by atoms with Crippen LogP contribution in [0.15, 0.2) is 47.3 Å². The van der Waals surface area contributed by atoms with E-state index >= 15 is 0 Å². The van der Waals surface area contributed by atoms with Crippen molar-refractivity contribution in [2.24, 2.45) is 4.99 Å². The molecule has 1 aliphatic rings. The van der Waals surface area contributed by atoms with Crippen molar-refractivity contribution in [1.82, 2.24) is 0 Å². The molecule has 3 heteroatoms. The first-order valence-electron chi connectivity index (χ1n) is 4.25. The number of carbonyl (C=O) groups excluding carboxylic acids is 1. The monoisotopic (exact) mass is 187 g/mol. The maximum Gasteiger partial charge on any atom is 0.215 e. The smallest absolute Gasteiger partial charge is 0.215 e. The summed E-state index contributed by atoms with van der Waals surface area (Å²) >= 11 is 0. The Bertz CT molecular complexity index is 418. The molecule has 2 rings (SSSR count). The zero-order chi connectivity index (χ0) is 9.97. The standard InChI is InChI=1S/C11H9NO2/c1-14-10-7-9(12-10)11(13)8-5-3-2-4-6-8/h2-7H,1H3. The van der Waals surface area contributed by atoms with Gasteiger partial charge in [0.1, 0.15) is 5.71 Å². The van der Waals surface area contributed by atoms with Gasteiger partial charge in [-0.15, -0.1) is 0 Å². The van der Waals surface area contributed by atoms with Crippen molar-refractivity contribution in [1.29, 1.82) is 0 Å². The molecular weight excluding hydrogens is 178 g/mol. The third kappa shape index (κ3) is 1.44. The summed E-state index contributed by atoms with van der Waals surface area (Å²) in [6.45, 7) is 0. The van der Waals surface area contributed by atoms with Gasteiger partial charge in [0.2, 0.25) is 11.7 Å². The zero-order valence-electron chi connectivity index (χ0n) is 7.73. The van der Waals surface area contributed by atoms with Crippen LogP contribution in [0.25, 0.3) is 0 Å². The number of ether oxygens (including phenoxy) is 1. The summed E-state index contributed by atoms with van der Waals surface area (Å²) in [4.78, 5) is 15.6. The predicted molar refractivity (Wildman–Crippen MR) is 53.3 cm³/mol. The molecule has 70 valence electrons. The van der Waals surface area contributed by atoms with Crippen molar-refractivity contribution in [3.63, 3.8) is 0 Å². The Balaban J connectivity index is 2.13.